The third-order valence-electron chi connectivity index (χ3n) is 4.74. The summed E-state index contributed by atoms with van der Waals surface area (Å²) >= 11 is 0. The number of Topliss-reactive ketones (excluding diaryl/α,β-unsaturated/α-hetero) is 1. The summed E-state index contributed by atoms with van der Waals surface area (Å²) in [5.41, 5.74) is 3.14. The van der Waals surface area contributed by atoms with Gasteiger partial charge in [0.05, 0.1) is 6.54 Å². The minimum atomic E-state index is 0.200. The lowest BCUT2D eigenvalue weighted by Gasteiger charge is -2.35. The first kappa shape index (κ1) is 15.0. The van der Waals surface area contributed by atoms with Crippen LogP contribution in [-0.4, -0.2) is 48.4 Å². The average molecular weight is 319 g/mol. The summed E-state index contributed by atoms with van der Waals surface area (Å²) in [4.78, 5) is 20.4. The van der Waals surface area contributed by atoms with Gasteiger partial charge in [-0.3, -0.25) is 9.69 Å². The molecule has 0 saturated carbocycles. The summed E-state index contributed by atoms with van der Waals surface area (Å²) in [6, 6.07) is 18.4. The van der Waals surface area contributed by atoms with E-state index >= 15 is 0 Å². The van der Waals surface area contributed by atoms with Gasteiger partial charge in [0.1, 0.15) is 0 Å². The lowest BCUT2D eigenvalue weighted by Crippen LogP contribution is -2.48. The highest BCUT2D eigenvalue weighted by Crippen LogP contribution is 2.17. The Hall–Kier alpha value is -2.59. The van der Waals surface area contributed by atoms with Crippen molar-refractivity contribution >= 4 is 22.4 Å². The number of ketones is 1. The van der Waals surface area contributed by atoms with E-state index in [2.05, 4.69) is 39.0 Å². The highest BCUT2D eigenvalue weighted by Gasteiger charge is 2.19. The molecule has 24 heavy (non-hydrogen) atoms. The van der Waals surface area contributed by atoms with Crippen molar-refractivity contribution in [3.05, 3.63) is 66.4 Å². The molecular weight excluding hydrogens is 298 g/mol. The van der Waals surface area contributed by atoms with Gasteiger partial charge in [-0.25, -0.2) is 0 Å². The first-order chi connectivity index (χ1) is 11.8. The lowest BCUT2D eigenvalue weighted by atomic mass is 10.1. The molecular formula is C20H21N3O. The fourth-order valence-electron chi connectivity index (χ4n) is 3.32. The van der Waals surface area contributed by atoms with Crippen LogP contribution in [-0.2, 0) is 0 Å². The minimum Gasteiger partial charge on any atom is -0.369 e. The van der Waals surface area contributed by atoms with E-state index in [4.69, 9.17) is 0 Å². The molecule has 1 aliphatic heterocycles. The maximum atomic E-state index is 12.6. The normalized spacial score (nSPS) is 15.8. The van der Waals surface area contributed by atoms with Crippen LogP contribution in [0.5, 0.6) is 0 Å². The first-order valence-electron chi connectivity index (χ1n) is 8.42. The van der Waals surface area contributed by atoms with Crippen molar-refractivity contribution in [3.8, 4) is 0 Å². The van der Waals surface area contributed by atoms with Gasteiger partial charge in [-0.2, -0.15) is 0 Å². The summed E-state index contributed by atoms with van der Waals surface area (Å²) in [5.74, 6) is 0.200. The number of nitrogens with zero attached hydrogens (tertiary/aromatic N) is 2. The Morgan fingerprint density at radius 3 is 2.54 bits per heavy atom. The molecule has 0 aliphatic carbocycles. The van der Waals surface area contributed by atoms with Gasteiger partial charge in [-0.15, -0.1) is 0 Å². The largest absolute Gasteiger partial charge is 0.369 e. The van der Waals surface area contributed by atoms with Crippen LogP contribution in [0.2, 0.25) is 0 Å². The molecule has 1 aliphatic rings. The molecule has 0 atom stereocenters. The number of aromatic nitrogens is 1. The standard InChI is InChI=1S/C20H21N3O/c24-20(17-6-7-19-16(14-17)8-9-21-19)15-22-10-12-23(13-11-22)18-4-2-1-3-5-18/h1-9,14,21H,10-13,15H2. The maximum absolute atomic E-state index is 12.6. The second-order valence-corrected chi connectivity index (χ2v) is 6.30. The van der Waals surface area contributed by atoms with Crippen LogP contribution in [0.25, 0.3) is 10.9 Å². The zero-order valence-electron chi connectivity index (χ0n) is 13.6. The molecule has 0 unspecified atom stereocenters. The van der Waals surface area contributed by atoms with E-state index in [0.29, 0.717) is 6.54 Å². The molecule has 122 valence electrons. The zero-order chi connectivity index (χ0) is 16.4. The fraction of sp³-hybridized carbons (Fsp3) is 0.250. The quantitative estimate of drug-likeness (QED) is 0.751. The number of piperazine rings is 1. The number of benzene rings is 2. The van der Waals surface area contributed by atoms with Crippen molar-refractivity contribution in [2.75, 3.05) is 37.6 Å². The van der Waals surface area contributed by atoms with Crippen LogP contribution >= 0.6 is 0 Å². The number of rotatable bonds is 4. The summed E-state index contributed by atoms with van der Waals surface area (Å²) in [7, 11) is 0. The van der Waals surface area contributed by atoms with Gasteiger partial charge in [0.15, 0.2) is 5.78 Å². The number of H-pyrrole nitrogens is 1. The maximum Gasteiger partial charge on any atom is 0.176 e. The second kappa shape index (κ2) is 6.49. The number of carbonyl (C=O) groups excluding carboxylic acids is 1. The molecule has 4 nitrogen and oxygen atoms in total. The third-order valence-corrected chi connectivity index (χ3v) is 4.74. The number of nitrogens with one attached hydrogen (secondary N) is 1. The average Bonchev–Trinajstić information content (AvgIpc) is 3.11. The van der Waals surface area contributed by atoms with Crippen LogP contribution in [0.15, 0.2) is 60.8 Å². The van der Waals surface area contributed by atoms with Crippen molar-refractivity contribution in [1.82, 2.24) is 9.88 Å². The monoisotopic (exact) mass is 319 g/mol. The highest BCUT2D eigenvalue weighted by atomic mass is 16.1. The molecule has 2 heterocycles. The molecule has 0 bridgehead atoms. The number of carbonyl (C=O) groups is 1. The number of para-hydroxylation sites is 1. The van der Waals surface area contributed by atoms with Gasteiger partial charge < -0.3 is 9.88 Å². The first-order valence-corrected chi connectivity index (χ1v) is 8.42. The molecule has 1 fully saturated rings. The number of anilines is 1. The molecule has 1 saturated heterocycles. The number of aromatic amines is 1. The summed E-state index contributed by atoms with van der Waals surface area (Å²) in [5, 5.41) is 1.09. The van der Waals surface area contributed by atoms with Crippen LogP contribution < -0.4 is 4.90 Å². The van der Waals surface area contributed by atoms with Crippen LogP contribution in [0.3, 0.4) is 0 Å². The van der Waals surface area contributed by atoms with E-state index in [1.165, 1.54) is 5.69 Å². The van der Waals surface area contributed by atoms with E-state index < -0.39 is 0 Å². The molecule has 1 aromatic heterocycles. The van der Waals surface area contributed by atoms with Gasteiger partial charge in [0, 0.05) is 54.5 Å². The van der Waals surface area contributed by atoms with Gasteiger partial charge in [-0.05, 0) is 36.4 Å². The van der Waals surface area contributed by atoms with Crippen molar-refractivity contribution in [2.45, 2.75) is 0 Å². The molecule has 4 heteroatoms. The molecule has 0 amide bonds. The van der Waals surface area contributed by atoms with Gasteiger partial charge in [-0.1, -0.05) is 18.2 Å². The Balaban J connectivity index is 1.37. The molecule has 0 radical (unpaired) electrons. The van der Waals surface area contributed by atoms with Crippen molar-refractivity contribution in [1.29, 1.82) is 0 Å². The van der Waals surface area contributed by atoms with E-state index in [9.17, 15) is 4.79 Å². The Bertz CT molecular complexity index is 832. The number of hydrogen-bond donors (Lipinski definition) is 1. The molecule has 4 rings (SSSR count). The Morgan fingerprint density at radius 1 is 0.958 bits per heavy atom. The third kappa shape index (κ3) is 3.05. The van der Waals surface area contributed by atoms with E-state index in [0.717, 1.165) is 42.6 Å². The second-order valence-electron chi connectivity index (χ2n) is 6.30. The molecule has 2 aromatic carbocycles. The van der Waals surface area contributed by atoms with Crippen molar-refractivity contribution < 1.29 is 4.79 Å². The predicted octanol–water partition coefficient (Wildman–Crippen LogP) is 3.17. The fourth-order valence-corrected chi connectivity index (χ4v) is 3.32. The summed E-state index contributed by atoms with van der Waals surface area (Å²) in [6.45, 7) is 4.28. The number of fused-ring (bicyclic) bond motifs is 1. The summed E-state index contributed by atoms with van der Waals surface area (Å²) in [6.07, 6.45) is 1.90. The van der Waals surface area contributed by atoms with E-state index in [1.54, 1.807) is 0 Å². The van der Waals surface area contributed by atoms with E-state index in [-0.39, 0.29) is 5.78 Å². The Labute approximate surface area is 141 Å². The Kier molecular flexibility index (Phi) is 4.05. The minimum absolute atomic E-state index is 0.200. The van der Waals surface area contributed by atoms with Crippen LogP contribution in [0.1, 0.15) is 10.4 Å². The van der Waals surface area contributed by atoms with Crippen LogP contribution in [0.4, 0.5) is 5.69 Å². The van der Waals surface area contributed by atoms with Crippen molar-refractivity contribution in [2.24, 2.45) is 0 Å². The Morgan fingerprint density at radius 2 is 1.75 bits per heavy atom. The zero-order valence-corrected chi connectivity index (χ0v) is 13.6. The topological polar surface area (TPSA) is 39.3 Å². The smallest absolute Gasteiger partial charge is 0.176 e. The lowest BCUT2D eigenvalue weighted by molar-refractivity contribution is 0.0926. The predicted molar refractivity (Wildman–Crippen MR) is 97.7 cm³/mol. The van der Waals surface area contributed by atoms with Crippen molar-refractivity contribution in [3.63, 3.8) is 0 Å². The van der Waals surface area contributed by atoms with Gasteiger partial charge in [0.25, 0.3) is 0 Å². The SMILES string of the molecule is O=C(CN1CCN(c2ccccc2)CC1)c1ccc2[nH]ccc2c1. The molecule has 0 spiro atoms. The van der Waals surface area contributed by atoms with Gasteiger partial charge >= 0.3 is 0 Å². The van der Waals surface area contributed by atoms with Crippen LogP contribution in [0, 0.1) is 0 Å². The van der Waals surface area contributed by atoms with Gasteiger partial charge in [0.2, 0.25) is 0 Å². The molecule has 3 aromatic rings. The summed E-state index contributed by atoms with van der Waals surface area (Å²) < 4.78 is 0. The van der Waals surface area contributed by atoms with E-state index in [1.807, 2.05) is 36.5 Å². The highest BCUT2D eigenvalue weighted by molar-refractivity contribution is 6.00. The molecule has 1 N–H and O–H groups in total. The number of hydrogen-bond acceptors (Lipinski definition) is 3.